The van der Waals surface area contributed by atoms with Gasteiger partial charge >= 0.3 is 0 Å². The molecule has 0 fully saturated rings. The molecule has 1 heterocycles. The van der Waals surface area contributed by atoms with Gasteiger partial charge in [-0.25, -0.2) is 0 Å². The minimum atomic E-state index is -0.100. The van der Waals surface area contributed by atoms with Crippen molar-refractivity contribution in [3.63, 3.8) is 0 Å². The number of rotatable bonds is 1. The Bertz CT molecular complexity index is 509. The van der Waals surface area contributed by atoms with Crippen molar-refractivity contribution in [3.05, 3.63) is 34.4 Å². The average molecular weight is 263 g/mol. The van der Waals surface area contributed by atoms with Gasteiger partial charge in [-0.1, -0.05) is 18.2 Å². The lowest BCUT2D eigenvalue weighted by molar-refractivity contribution is 0.809. The summed E-state index contributed by atoms with van der Waals surface area (Å²) in [6.07, 6.45) is 0. The molecular formula is C12H11BrN2. The molecule has 1 unspecified atom stereocenters. The lowest BCUT2D eigenvalue weighted by Crippen LogP contribution is -1.99. The van der Waals surface area contributed by atoms with Crippen LogP contribution in [0.3, 0.4) is 0 Å². The number of halogens is 1. The Morgan fingerprint density at radius 1 is 1.40 bits per heavy atom. The van der Waals surface area contributed by atoms with Crippen molar-refractivity contribution in [3.8, 4) is 6.07 Å². The second-order valence-electron chi connectivity index (χ2n) is 3.63. The van der Waals surface area contributed by atoms with Crippen LogP contribution in [0.2, 0.25) is 0 Å². The highest BCUT2D eigenvalue weighted by Crippen LogP contribution is 2.34. The van der Waals surface area contributed by atoms with Crippen LogP contribution in [-0.2, 0) is 7.05 Å². The fourth-order valence-corrected chi connectivity index (χ4v) is 2.85. The summed E-state index contributed by atoms with van der Waals surface area (Å²) in [6.45, 7) is 1.92. The Morgan fingerprint density at radius 3 is 2.67 bits per heavy atom. The van der Waals surface area contributed by atoms with Gasteiger partial charge in [-0.2, -0.15) is 5.26 Å². The first-order chi connectivity index (χ1) is 7.16. The molecule has 0 amide bonds. The van der Waals surface area contributed by atoms with E-state index in [0.717, 1.165) is 21.1 Å². The van der Waals surface area contributed by atoms with Crippen molar-refractivity contribution in [2.45, 2.75) is 12.8 Å². The van der Waals surface area contributed by atoms with E-state index in [1.54, 1.807) is 0 Å². The summed E-state index contributed by atoms with van der Waals surface area (Å²) in [5.74, 6) is -0.100. The molecular weight excluding hydrogens is 252 g/mol. The quantitative estimate of drug-likeness (QED) is 0.773. The number of aryl methyl sites for hydroxylation is 1. The van der Waals surface area contributed by atoms with Gasteiger partial charge in [-0.15, -0.1) is 0 Å². The van der Waals surface area contributed by atoms with Crippen LogP contribution in [0.4, 0.5) is 0 Å². The van der Waals surface area contributed by atoms with Crippen molar-refractivity contribution < 1.29 is 0 Å². The van der Waals surface area contributed by atoms with Crippen molar-refractivity contribution in [1.82, 2.24) is 4.57 Å². The summed E-state index contributed by atoms with van der Waals surface area (Å²) >= 11 is 3.57. The minimum Gasteiger partial charge on any atom is -0.345 e. The van der Waals surface area contributed by atoms with Crippen molar-refractivity contribution >= 4 is 26.8 Å². The molecule has 2 rings (SSSR count). The van der Waals surface area contributed by atoms with Gasteiger partial charge in [0, 0.05) is 28.1 Å². The third-order valence-corrected chi connectivity index (χ3v) is 3.53. The van der Waals surface area contributed by atoms with Gasteiger partial charge in [0.2, 0.25) is 0 Å². The van der Waals surface area contributed by atoms with Gasteiger partial charge in [0.15, 0.2) is 0 Å². The normalized spacial score (nSPS) is 12.7. The Morgan fingerprint density at radius 2 is 2.07 bits per heavy atom. The van der Waals surface area contributed by atoms with E-state index >= 15 is 0 Å². The molecule has 0 radical (unpaired) electrons. The first kappa shape index (κ1) is 10.3. The van der Waals surface area contributed by atoms with Gasteiger partial charge in [0.05, 0.1) is 12.0 Å². The van der Waals surface area contributed by atoms with Gasteiger partial charge in [0.1, 0.15) is 0 Å². The molecule has 1 aromatic heterocycles. The number of hydrogen-bond acceptors (Lipinski definition) is 1. The SMILES string of the molecule is CC(C#N)c1c(Br)c2ccccc2n1C. The van der Waals surface area contributed by atoms with E-state index in [2.05, 4.69) is 38.7 Å². The molecule has 0 N–H and O–H groups in total. The highest BCUT2D eigenvalue weighted by Gasteiger charge is 2.17. The maximum Gasteiger partial charge on any atom is 0.0848 e. The van der Waals surface area contributed by atoms with Crippen LogP contribution in [0.25, 0.3) is 10.9 Å². The van der Waals surface area contributed by atoms with Crippen LogP contribution in [0.1, 0.15) is 18.5 Å². The standard InChI is InChI=1S/C12H11BrN2/c1-8(7-14)12-11(13)9-5-3-4-6-10(9)15(12)2/h3-6,8H,1-2H3. The first-order valence-electron chi connectivity index (χ1n) is 4.79. The first-order valence-corrected chi connectivity index (χ1v) is 5.58. The molecule has 0 bridgehead atoms. The predicted molar refractivity (Wildman–Crippen MR) is 64.6 cm³/mol. The number of nitriles is 1. The monoisotopic (exact) mass is 262 g/mol. The second-order valence-corrected chi connectivity index (χ2v) is 4.42. The number of fused-ring (bicyclic) bond motifs is 1. The molecule has 2 nitrogen and oxygen atoms in total. The van der Waals surface area contributed by atoms with E-state index in [0.29, 0.717) is 0 Å². The van der Waals surface area contributed by atoms with Crippen LogP contribution in [0, 0.1) is 11.3 Å². The summed E-state index contributed by atoms with van der Waals surface area (Å²) in [5, 5.41) is 10.1. The lowest BCUT2D eigenvalue weighted by atomic mass is 10.1. The molecule has 0 aliphatic carbocycles. The van der Waals surface area contributed by atoms with Crippen LogP contribution < -0.4 is 0 Å². The summed E-state index contributed by atoms with van der Waals surface area (Å²) in [7, 11) is 2.00. The summed E-state index contributed by atoms with van der Waals surface area (Å²) in [6, 6.07) is 10.4. The van der Waals surface area contributed by atoms with Crippen molar-refractivity contribution in [1.29, 1.82) is 5.26 Å². The van der Waals surface area contributed by atoms with Gasteiger partial charge in [-0.05, 0) is 28.9 Å². The Labute approximate surface area is 97.3 Å². The van der Waals surface area contributed by atoms with Crippen molar-refractivity contribution in [2.24, 2.45) is 7.05 Å². The molecule has 0 spiro atoms. The van der Waals surface area contributed by atoms with Crippen LogP contribution in [0.15, 0.2) is 28.7 Å². The number of aromatic nitrogens is 1. The van der Waals surface area contributed by atoms with E-state index in [9.17, 15) is 0 Å². The van der Waals surface area contributed by atoms with Crippen LogP contribution in [0.5, 0.6) is 0 Å². The largest absolute Gasteiger partial charge is 0.345 e. The number of para-hydroxylation sites is 1. The fourth-order valence-electron chi connectivity index (χ4n) is 1.91. The molecule has 0 aliphatic heterocycles. The third-order valence-electron chi connectivity index (χ3n) is 2.69. The minimum absolute atomic E-state index is 0.100. The highest BCUT2D eigenvalue weighted by atomic mass is 79.9. The number of hydrogen-bond donors (Lipinski definition) is 0. The summed E-state index contributed by atoms with van der Waals surface area (Å²) < 4.78 is 3.11. The molecule has 0 saturated heterocycles. The maximum atomic E-state index is 8.98. The predicted octanol–water partition coefficient (Wildman–Crippen LogP) is 3.57. The maximum absolute atomic E-state index is 8.98. The number of nitrogens with zero attached hydrogens (tertiary/aromatic N) is 2. The smallest absolute Gasteiger partial charge is 0.0848 e. The Kier molecular flexibility index (Phi) is 2.54. The Balaban J connectivity index is 2.82. The van der Waals surface area contributed by atoms with Crippen molar-refractivity contribution in [2.75, 3.05) is 0 Å². The molecule has 0 saturated carbocycles. The Hall–Kier alpha value is -1.27. The van der Waals surface area contributed by atoms with E-state index in [-0.39, 0.29) is 5.92 Å². The van der Waals surface area contributed by atoms with E-state index in [4.69, 9.17) is 5.26 Å². The highest BCUT2D eigenvalue weighted by molar-refractivity contribution is 9.10. The van der Waals surface area contributed by atoms with Gasteiger partial charge in [0.25, 0.3) is 0 Å². The summed E-state index contributed by atoms with van der Waals surface area (Å²) in [5.41, 5.74) is 2.19. The summed E-state index contributed by atoms with van der Waals surface area (Å²) in [4.78, 5) is 0. The molecule has 3 heteroatoms. The van der Waals surface area contributed by atoms with Gasteiger partial charge < -0.3 is 4.57 Å². The van der Waals surface area contributed by atoms with E-state index < -0.39 is 0 Å². The van der Waals surface area contributed by atoms with E-state index in [1.807, 2.05) is 26.1 Å². The fraction of sp³-hybridized carbons (Fsp3) is 0.250. The molecule has 76 valence electrons. The molecule has 2 aromatic rings. The zero-order chi connectivity index (χ0) is 11.0. The van der Waals surface area contributed by atoms with Crippen LogP contribution >= 0.6 is 15.9 Å². The molecule has 0 aliphatic rings. The number of benzene rings is 1. The average Bonchev–Trinajstić information content (AvgIpc) is 2.52. The van der Waals surface area contributed by atoms with Crippen LogP contribution in [-0.4, -0.2) is 4.57 Å². The zero-order valence-electron chi connectivity index (χ0n) is 8.66. The topological polar surface area (TPSA) is 28.7 Å². The molecule has 1 atom stereocenters. The molecule has 15 heavy (non-hydrogen) atoms. The second kappa shape index (κ2) is 3.71. The zero-order valence-corrected chi connectivity index (χ0v) is 10.2. The molecule has 1 aromatic carbocycles. The van der Waals surface area contributed by atoms with Gasteiger partial charge in [-0.3, -0.25) is 0 Å². The third kappa shape index (κ3) is 1.46. The van der Waals surface area contributed by atoms with E-state index in [1.165, 1.54) is 0 Å². The lowest BCUT2D eigenvalue weighted by Gasteiger charge is -2.05.